The predicted molar refractivity (Wildman–Crippen MR) is 96.4 cm³/mol. The smallest absolute Gasteiger partial charge is 0.422 e. The van der Waals surface area contributed by atoms with Crippen molar-refractivity contribution in [1.29, 1.82) is 0 Å². The van der Waals surface area contributed by atoms with Crippen molar-refractivity contribution in [3.8, 4) is 0 Å². The van der Waals surface area contributed by atoms with Crippen molar-refractivity contribution in [1.82, 2.24) is 13.7 Å². The Morgan fingerprint density at radius 3 is 2.33 bits per heavy atom. The maximum Gasteiger partial charge on any atom is 0.506 e. The summed E-state index contributed by atoms with van der Waals surface area (Å²) in [6.07, 6.45) is 1.54. The van der Waals surface area contributed by atoms with E-state index in [0.717, 1.165) is 10.6 Å². The lowest BCUT2D eigenvalue weighted by Gasteiger charge is -2.16. The van der Waals surface area contributed by atoms with Crippen LogP contribution >= 0.6 is 0 Å². The third-order valence-corrected chi connectivity index (χ3v) is 5.73. The van der Waals surface area contributed by atoms with Crippen molar-refractivity contribution in [2.75, 3.05) is 6.61 Å². The van der Waals surface area contributed by atoms with E-state index in [2.05, 4.69) is 19.6 Å². The Morgan fingerprint density at radius 1 is 1.17 bits per heavy atom. The zero-order valence-electron chi connectivity index (χ0n) is 14.7. The molecule has 2 heterocycles. The quantitative estimate of drug-likeness (QED) is 0.514. The Balaban J connectivity index is 2.46. The molecule has 0 fully saturated rings. The van der Waals surface area contributed by atoms with E-state index in [-0.39, 0.29) is 17.7 Å². The zero-order chi connectivity index (χ0) is 18.2. The van der Waals surface area contributed by atoms with Crippen molar-refractivity contribution in [2.24, 2.45) is 14.1 Å². The number of hydrogen-bond acceptors (Lipinski definition) is 5. The second-order valence-electron chi connectivity index (χ2n) is 7.17. The van der Waals surface area contributed by atoms with Crippen LogP contribution in [0.25, 0.3) is 10.9 Å². The molecule has 0 atom stereocenters. The molecule has 8 nitrogen and oxygen atoms in total. The summed E-state index contributed by atoms with van der Waals surface area (Å²) >= 11 is 0. The van der Waals surface area contributed by atoms with Gasteiger partial charge in [-0.2, -0.15) is 0 Å². The lowest BCUT2D eigenvalue weighted by molar-refractivity contribution is 0.0890. The molecule has 0 saturated carbocycles. The summed E-state index contributed by atoms with van der Waals surface area (Å²) in [6.45, 7) is 7.36. The maximum absolute atomic E-state index is 12.4. The number of aryl methyl sites for hydroxylation is 1. The van der Waals surface area contributed by atoms with Crippen molar-refractivity contribution >= 4 is 31.7 Å². The van der Waals surface area contributed by atoms with E-state index < -0.39 is 26.4 Å². The normalized spacial score (nSPS) is 12.1. The van der Waals surface area contributed by atoms with Crippen LogP contribution in [0.4, 0.5) is 0 Å². The molecule has 10 heteroatoms. The van der Waals surface area contributed by atoms with E-state index in [1.54, 1.807) is 6.20 Å². The molecule has 0 aliphatic heterocycles. The lowest BCUT2D eigenvalue weighted by Crippen LogP contribution is -2.43. The topological polar surface area (TPSA) is 98.6 Å². The molecule has 2 rings (SSSR count). The molecule has 132 valence electrons. The first-order valence-electron chi connectivity index (χ1n) is 7.77. The monoisotopic (exact) mass is 353 g/mol. The highest BCUT2D eigenvalue weighted by Crippen LogP contribution is 2.10. The molecule has 0 aliphatic rings. The van der Waals surface area contributed by atoms with Crippen LogP contribution in [0.3, 0.4) is 0 Å². The largest absolute Gasteiger partial charge is 0.506 e. The summed E-state index contributed by atoms with van der Waals surface area (Å²) in [5.41, 5.74) is -0.644. The average molecular weight is 353 g/mol. The van der Waals surface area contributed by atoms with Gasteiger partial charge < -0.3 is 19.4 Å². The molecule has 0 radical (unpaired) electrons. The van der Waals surface area contributed by atoms with Crippen LogP contribution in [-0.2, 0) is 25.6 Å². The summed E-state index contributed by atoms with van der Waals surface area (Å²) in [5.74, 6) is 0. The molecular weight excluding hydrogens is 329 g/mol. The van der Waals surface area contributed by atoms with E-state index in [0.29, 0.717) is 12.1 Å². The van der Waals surface area contributed by atoms with Crippen molar-refractivity contribution < 1.29 is 14.8 Å². The first-order valence-corrected chi connectivity index (χ1v) is 11.5. The Labute approximate surface area is 141 Å². The molecule has 0 bridgehead atoms. The van der Waals surface area contributed by atoms with Gasteiger partial charge >= 0.3 is 12.8 Å². The predicted octanol–water partition coefficient (Wildman–Crippen LogP) is -0.969. The van der Waals surface area contributed by atoms with Crippen LogP contribution in [0.5, 0.6) is 0 Å². The van der Waals surface area contributed by atoms with Crippen molar-refractivity contribution in [3.05, 3.63) is 27.0 Å². The number of ether oxygens (including phenoxy) is 1. The standard InChI is InChI=1S/C14H24BN3O5Si/c1-16-10-8-18(9-23-6-7-24(3,4)5)12(15(21)22)11(10)13(19)17(2)14(16)20/h8,21-22H,6-7,9H2,1-5H3. The van der Waals surface area contributed by atoms with E-state index in [1.165, 1.54) is 23.2 Å². The van der Waals surface area contributed by atoms with Gasteiger partial charge in [0.25, 0.3) is 5.56 Å². The Kier molecular flexibility index (Phi) is 5.23. The van der Waals surface area contributed by atoms with Gasteiger partial charge in [0.1, 0.15) is 6.73 Å². The van der Waals surface area contributed by atoms with Gasteiger partial charge in [0.05, 0.1) is 16.5 Å². The average Bonchev–Trinajstić information content (AvgIpc) is 2.86. The molecule has 2 aromatic heterocycles. The van der Waals surface area contributed by atoms with E-state index in [1.807, 2.05) is 0 Å². The second kappa shape index (κ2) is 6.71. The minimum absolute atomic E-state index is 0.0363. The van der Waals surface area contributed by atoms with Gasteiger partial charge in [-0.15, -0.1) is 0 Å². The molecule has 2 N–H and O–H groups in total. The summed E-state index contributed by atoms with van der Waals surface area (Å²) in [7, 11) is -0.170. The SMILES string of the molecule is Cn1c(=O)c2c(B(O)O)n(COCC[Si](C)(C)C)cc2n(C)c1=O. The van der Waals surface area contributed by atoms with Crippen molar-refractivity contribution in [2.45, 2.75) is 32.4 Å². The van der Waals surface area contributed by atoms with Crippen LogP contribution in [0.2, 0.25) is 25.7 Å². The fourth-order valence-electron chi connectivity index (χ4n) is 2.54. The summed E-state index contributed by atoms with van der Waals surface area (Å²) in [4.78, 5) is 24.4. The van der Waals surface area contributed by atoms with Gasteiger partial charge in [0.2, 0.25) is 0 Å². The maximum atomic E-state index is 12.4. The fraction of sp³-hybridized carbons (Fsp3) is 0.571. The second-order valence-corrected chi connectivity index (χ2v) is 12.8. The van der Waals surface area contributed by atoms with Gasteiger partial charge in [0, 0.05) is 35.0 Å². The number of aromatic nitrogens is 3. The summed E-state index contributed by atoms with van der Waals surface area (Å²) in [5, 5.41) is 19.5. The molecule has 24 heavy (non-hydrogen) atoms. The number of rotatable bonds is 6. The van der Waals surface area contributed by atoms with E-state index >= 15 is 0 Å². The van der Waals surface area contributed by atoms with Crippen LogP contribution in [0.15, 0.2) is 15.8 Å². The summed E-state index contributed by atoms with van der Waals surface area (Å²) < 4.78 is 9.36. The highest BCUT2D eigenvalue weighted by atomic mass is 28.3. The zero-order valence-corrected chi connectivity index (χ0v) is 15.7. The minimum Gasteiger partial charge on any atom is -0.422 e. The third kappa shape index (κ3) is 3.56. The molecule has 0 saturated heterocycles. The van der Waals surface area contributed by atoms with Crippen molar-refractivity contribution in [3.63, 3.8) is 0 Å². The first-order chi connectivity index (χ1) is 11.0. The van der Waals surface area contributed by atoms with Gasteiger partial charge in [-0.3, -0.25) is 13.9 Å². The van der Waals surface area contributed by atoms with Crippen LogP contribution < -0.4 is 16.8 Å². The molecule has 2 aromatic rings. The highest BCUT2D eigenvalue weighted by molar-refractivity contribution is 6.76. The minimum atomic E-state index is -1.84. The Bertz CT molecular complexity index is 862. The lowest BCUT2D eigenvalue weighted by atomic mass is 9.84. The van der Waals surface area contributed by atoms with E-state index in [9.17, 15) is 19.6 Å². The molecule has 0 aromatic carbocycles. The molecule has 0 unspecified atom stereocenters. The highest BCUT2D eigenvalue weighted by Gasteiger charge is 2.26. The summed E-state index contributed by atoms with van der Waals surface area (Å²) in [6, 6.07) is 0.977. The Hall–Kier alpha value is -1.62. The number of hydrogen-bond donors (Lipinski definition) is 2. The first kappa shape index (κ1) is 18.7. The number of nitrogens with zero attached hydrogens (tertiary/aromatic N) is 3. The van der Waals surface area contributed by atoms with Gasteiger partial charge in [-0.25, -0.2) is 4.79 Å². The molecule has 0 aliphatic carbocycles. The van der Waals surface area contributed by atoms with Crippen LogP contribution in [0.1, 0.15) is 0 Å². The molecular formula is C14H24BN3O5Si. The van der Waals surface area contributed by atoms with Crippen LogP contribution in [-0.4, -0.2) is 45.5 Å². The third-order valence-electron chi connectivity index (χ3n) is 4.02. The van der Waals surface area contributed by atoms with Gasteiger partial charge in [0.15, 0.2) is 0 Å². The van der Waals surface area contributed by atoms with E-state index in [4.69, 9.17) is 4.74 Å². The van der Waals surface area contributed by atoms with Crippen LogP contribution in [0, 0.1) is 0 Å². The fourth-order valence-corrected chi connectivity index (χ4v) is 3.29. The molecule has 0 spiro atoms. The van der Waals surface area contributed by atoms with Gasteiger partial charge in [-0.05, 0) is 6.04 Å². The Morgan fingerprint density at radius 2 is 1.79 bits per heavy atom. The molecule has 0 amide bonds. The number of fused-ring (bicyclic) bond motifs is 1. The van der Waals surface area contributed by atoms with Gasteiger partial charge in [-0.1, -0.05) is 19.6 Å².